The Morgan fingerprint density at radius 3 is 3.00 bits per heavy atom. The Bertz CT molecular complexity index is 912. The van der Waals surface area contributed by atoms with E-state index in [4.69, 9.17) is 9.57 Å². The van der Waals surface area contributed by atoms with Crippen LogP contribution in [-0.2, 0) is 24.0 Å². The van der Waals surface area contributed by atoms with Gasteiger partial charge in [-0.3, -0.25) is 14.5 Å². The van der Waals surface area contributed by atoms with E-state index in [1.807, 2.05) is 0 Å². The molecule has 0 bridgehead atoms. The van der Waals surface area contributed by atoms with E-state index >= 15 is 0 Å². The number of amides is 2. The van der Waals surface area contributed by atoms with Crippen LogP contribution in [0.3, 0.4) is 0 Å². The van der Waals surface area contributed by atoms with Crippen molar-refractivity contribution >= 4 is 35.3 Å². The fraction of sp³-hybridized carbons (Fsp3) is 0.294. The van der Waals surface area contributed by atoms with Crippen LogP contribution in [0.4, 0.5) is 0 Å². The Morgan fingerprint density at radius 2 is 2.26 bits per heavy atom. The Labute approximate surface area is 158 Å². The van der Waals surface area contributed by atoms with E-state index in [1.54, 1.807) is 12.1 Å². The van der Waals surface area contributed by atoms with Crippen molar-refractivity contribution in [2.75, 3.05) is 19.5 Å². The summed E-state index contributed by atoms with van der Waals surface area (Å²) in [5.41, 5.74) is 1.37. The molecule has 0 saturated carbocycles. The van der Waals surface area contributed by atoms with E-state index < -0.39 is 17.9 Å². The average Bonchev–Trinajstić information content (AvgIpc) is 3.03. The van der Waals surface area contributed by atoms with Gasteiger partial charge in [0.15, 0.2) is 5.71 Å². The molecule has 4 rings (SSSR count). The highest BCUT2D eigenvalue weighted by Gasteiger charge is 2.55. The molecule has 2 atom stereocenters. The van der Waals surface area contributed by atoms with Crippen LogP contribution in [0.15, 0.2) is 40.7 Å². The Kier molecular flexibility index (Phi) is 4.27. The summed E-state index contributed by atoms with van der Waals surface area (Å²) in [4.78, 5) is 43.2. The van der Waals surface area contributed by atoms with Crippen LogP contribution in [0.2, 0.25) is 0 Å². The summed E-state index contributed by atoms with van der Waals surface area (Å²) in [7, 11) is 1.29. The van der Waals surface area contributed by atoms with Crippen molar-refractivity contribution in [3.05, 3.63) is 41.1 Å². The number of fused-ring (bicyclic) bond motifs is 2. The number of oxime groups is 1. The Morgan fingerprint density at radius 1 is 1.44 bits per heavy atom. The maximum Gasteiger partial charge on any atom is 0.355 e. The highest BCUT2D eigenvalue weighted by atomic mass is 32.2. The minimum absolute atomic E-state index is 0.0305. The number of phenols is 1. The molecule has 1 aromatic rings. The van der Waals surface area contributed by atoms with Crippen LogP contribution >= 0.6 is 11.8 Å². The molecule has 0 aromatic heterocycles. The zero-order chi connectivity index (χ0) is 19.1. The summed E-state index contributed by atoms with van der Waals surface area (Å²) >= 11 is 1.46. The van der Waals surface area contributed by atoms with Crippen LogP contribution in [0, 0.1) is 0 Å². The smallest absolute Gasteiger partial charge is 0.355 e. The second-order valence-corrected chi connectivity index (χ2v) is 7.17. The predicted molar refractivity (Wildman–Crippen MR) is 94.7 cm³/mol. The molecule has 9 nitrogen and oxygen atoms in total. The van der Waals surface area contributed by atoms with E-state index in [0.29, 0.717) is 17.0 Å². The molecule has 3 aliphatic heterocycles. The van der Waals surface area contributed by atoms with E-state index in [9.17, 15) is 19.5 Å². The van der Waals surface area contributed by atoms with Crippen LogP contribution in [0.25, 0.3) is 0 Å². The maximum absolute atomic E-state index is 12.7. The van der Waals surface area contributed by atoms with Crippen molar-refractivity contribution in [1.29, 1.82) is 0 Å². The molecule has 0 radical (unpaired) electrons. The van der Waals surface area contributed by atoms with Crippen molar-refractivity contribution < 1.29 is 29.1 Å². The molecule has 2 unspecified atom stereocenters. The second-order valence-electron chi connectivity index (χ2n) is 6.06. The molecule has 2 N–H and O–H groups in total. The molecule has 140 valence electrons. The number of rotatable bonds is 4. The molecular formula is C17H15N3O6S. The number of cyclic esters (lactones) is 1. The lowest BCUT2D eigenvalue weighted by Crippen LogP contribution is -2.70. The zero-order valence-corrected chi connectivity index (χ0v) is 15.0. The number of phenolic OH excluding ortho intramolecular Hbond substituents is 1. The number of nitrogens with one attached hydrogen (secondary N) is 1. The van der Waals surface area contributed by atoms with Gasteiger partial charge in [-0.2, -0.15) is 0 Å². The molecule has 0 aliphatic carbocycles. The average molecular weight is 389 g/mol. The highest BCUT2D eigenvalue weighted by molar-refractivity contribution is 8.00. The van der Waals surface area contributed by atoms with Gasteiger partial charge in [-0.15, -0.1) is 11.8 Å². The number of benzene rings is 1. The van der Waals surface area contributed by atoms with E-state index in [1.165, 1.54) is 35.9 Å². The molecule has 10 heteroatoms. The van der Waals surface area contributed by atoms with Crippen molar-refractivity contribution in [2.24, 2.45) is 5.16 Å². The molecule has 27 heavy (non-hydrogen) atoms. The molecule has 3 heterocycles. The summed E-state index contributed by atoms with van der Waals surface area (Å²) in [6.07, 6.45) is 0. The van der Waals surface area contributed by atoms with Crippen LogP contribution < -0.4 is 5.32 Å². The van der Waals surface area contributed by atoms with Gasteiger partial charge >= 0.3 is 5.97 Å². The first-order chi connectivity index (χ1) is 13.0. The first kappa shape index (κ1) is 17.4. The molecular weight excluding hydrogens is 374 g/mol. The van der Waals surface area contributed by atoms with E-state index in [0.717, 1.165) is 5.57 Å². The summed E-state index contributed by atoms with van der Waals surface area (Å²) in [6, 6.07) is 5.20. The molecule has 1 fully saturated rings. The van der Waals surface area contributed by atoms with E-state index in [2.05, 4.69) is 10.5 Å². The van der Waals surface area contributed by atoms with Crippen LogP contribution in [0.1, 0.15) is 5.56 Å². The van der Waals surface area contributed by atoms with Gasteiger partial charge in [0.2, 0.25) is 0 Å². The molecule has 0 spiro atoms. The highest BCUT2D eigenvalue weighted by Crippen LogP contribution is 2.42. The van der Waals surface area contributed by atoms with Gasteiger partial charge in [-0.05, 0) is 12.1 Å². The minimum atomic E-state index is -0.788. The minimum Gasteiger partial charge on any atom is -0.508 e. The Hall–Kier alpha value is -3.01. The van der Waals surface area contributed by atoms with Gasteiger partial charge in [0, 0.05) is 16.9 Å². The topological polar surface area (TPSA) is 118 Å². The summed E-state index contributed by atoms with van der Waals surface area (Å²) in [5.74, 6) is -0.964. The second kappa shape index (κ2) is 6.62. The molecule has 1 saturated heterocycles. The third kappa shape index (κ3) is 2.81. The first-order valence-electron chi connectivity index (χ1n) is 8.06. The monoisotopic (exact) mass is 389 g/mol. The van der Waals surface area contributed by atoms with Crippen molar-refractivity contribution in [1.82, 2.24) is 10.2 Å². The lowest BCUT2D eigenvalue weighted by Gasteiger charge is -2.48. The van der Waals surface area contributed by atoms with Gasteiger partial charge < -0.3 is 20.0 Å². The molecule has 1 aromatic carbocycles. The van der Waals surface area contributed by atoms with Gasteiger partial charge in [0.25, 0.3) is 11.8 Å². The number of carbonyl (C=O) groups excluding carboxylic acids is 3. The lowest BCUT2D eigenvalue weighted by molar-refractivity contribution is -0.150. The Balaban J connectivity index is 1.53. The number of thioether (sulfide) groups is 1. The summed E-state index contributed by atoms with van der Waals surface area (Å²) < 4.78 is 4.99. The lowest BCUT2D eigenvalue weighted by atomic mass is 10.0. The standard InChI is InChI=1S/C17H15N3O6S/c1-25-19-11(8-3-2-4-10(21)5-8)14(22)18-12-15(23)20-13-9(6-26-17(13)24)7-27-16(12)20/h2-5,12,16,21H,6-7H2,1H3,(H,18,22). The fourth-order valence-electron chi connectivity index (χ4n) is 3.18. The van der Waals surface area contributed by atoms with Crippen molar-refractivity contribution in [3.63, 3.8) is 0 Å². The number of ether oxygens (including phenoxy) is 1. The summed E-state index contributed by atoms with van der Waals surface area (Å²) in [5, 5.41) is 15.6. The largest absolute Gasteiger partial charge is 0.508 e. The number of hydrogen-bond acceptors (Lipinski definition) is 8. The third-order valence-corrected chi connectivity index (χ3v) is 5.76. The van der Waals surface area contributed by atoms with Crippen molar-refractivity contribution in [3.8, 4) is 5.75 Å². The van der Waals surface area contributed by atoms with Crippen LogP contribution in [-0.4, -0.2) is 64.4 Å². The number of carbonyl (C=O) groups is 3. The third-order valence-electron chi connectivity index (χ3n) is 4.42. The van der Waals surface area contributed by atoms with Gasteiger partial charge in [0.05, 0.1) is 0 Å². The predicted octanol–water partition coefficient (Wildman–Crippen LogP) is -0.0465. The number of hydrogen-bond donors (Lipinski definition) is 2. The molecule has 3 aliphatic rings. The number of aromatic hydroxyl groups is 1. The quantitative estimate of drug-likeness (QED) is 0.321. The first-order valence-corrected chi connectivity index (χ1v) is 9.11. The normalized spacial score (nSPS) is 24.0. The van der Waals surface area contributed by atoms with Crippen molar-refractivity contribution in [2.45, 2.75) is 11.4 Å². The van der Waals surface area contributed by atoms with Gasteiger partial charge in [-0.1, -0.05) is 17.3 Å². The number of esters is 1. The number of nitrogens with zero attached hydrogens (tertiary/aromatic N) is 2. The fourth-order valence-corrected chi connectivity index (χ4v) is 4.51. The van der Waals surface area contributed by atoms with Crippen LogP contribution in [0.5, 0.6) is 5.75 Å². The summed E-state index contributed by atoms with van der Waals surface area (Å²) in [6.45, 7) is 0.205. The van der Waals surface area contributed by atoms with Gasteiger partial charge in [-0.25, -0.2) is 4.79 Å². The van der Waals surface area contributed by atoms with Gasteiger partial charge in [0.1, 0.15) is 36.6 Å². The SMILES string of the molecule is CON=C(C(=O)NC1C(=O)N2C3=C(COC3=O)CSC12)c1cccc(O)c1. The number of β-lactam (4-membered cyclic amide) rings is 1. The molecule has 2 amide bonds. The van der Waals surface area contributed by atoms with E-state index in [-0.39, 0.29) is 29.3 Å². The zero-order valence-electron chi connectivity index (χ0n) is 14.2. The maximum atomic E-state index is 12.7.